The Morgan fingerprint density at radius 2 is 1.85 bits per heavy atom. The van der Waals surface area contributed by atoms with Crippen LogP contribution in [0.2, 0.25) is 0 Å². The minimum absolute atomic E-state index is 0.102. The Kier molecular flexibility index (Phi) is 4.10. The zero-order valence-electron chi connectivity index (χ0n) is 11.8. The first-order valence-corrected chi connectivity index (χ1v) is 6.21. The fourth-order valence-corrected chi connectivity index (χ4v) is 2.08. The molecular formula is C15H18N2O3. The number of hydrogen-bond donors (Lipinski definition) is 1. The highest BCUT2D eigenvalue weighted by Crippen LogP contribution is 2.30. The number of aromatic nitrogens is 1. The highest BCUT2D eigenvalue weighted by molar-refractivity contribution is 5.45. The summed E-state index contributed by atoms with van der Waals surface area (Å²) in [6.45, 7) is 0. The van der Waals surface area contributed by atoms with Gasteiger partial charge in [0, 0.05) is 18.8 Å². The smallest absolute Gasteiger partial charge is 0.255 e. The van der Waals surface area contributed by atoms with E-state index in [1.807, 2.05) is 6.07 Å². The van der Waals surface area contributed by atoms with E-state index in [1.54, 1.807) is 51.7 Å². The zero-order chi connectivity index (χ0) is 14.7. The van der Waals surface area contributed by atoms with Crippen molar-refractivity contribution in [1.29, 1.82) is 0 Å². The number of rotatable bonds is 4. The molecule has 0 saturated heterocycles. The molecule has 2 rings (SSSR count). The van der Waals surface area contributed by atoms with Gasteiger partial charge in [-0.2, -0.15) is 0 Å². The second-order valence-electron chi connectivity index (χ2n) is 4.47. The average Bonchev–Trinajstić information content (AvgIpc) is 2.48. The van der Waals surface area contributed by atoms with E-state index in [1.165, 1.54) is 4.57 Å². The van der Waals surface area contributed by atoms with E-state index >= 15 is 0 Å². The van der Waals surface area contributed by atoms with Gasteiger partial charge in [0.15, 0.2) is 11.5 Å². The van der Waals surface area contributed by atoms with E-state index in [4.69, 9.17) is 15.2 Å². The maximum absolute atomic E-state index is 12.1. The van der Waals surface area contributed by atoms with Crippen LogP contribution in [-0.4, -0.2) is 18.8 Å². The Morgan fingerprint density at radius 3 is 2.50 bits per heavy atom. The molecule has 0 aliphatic carbocycles. The number of nitrogens with zero attached hydrogens (tertiary/aromatic N) is 1. The van der Waals surface area contributed by atoms with Gasteiger partial charge >= 0.3 is 0 Å². The van der Waals surface area contributed by atoms with E-state index in [0.29, 0.717) is 17.1 Å². The highest BCUT2D eigenvalue weighted by atomic mass is 16.5. The third-order valence-corrected chi connectivity index (χ3v) is 3.25. The molecule has 0 saturated carbocycles. The minimum Gasteiger partial charge on any atom is -0.493 e. The van der Waals surface area contributed by atoms with Gasteiger partial charge in [-0.25, -0.2) is 0 Å². The molecule has 0 amide bonds. The molecule has 1 aromatic carbocycles. The molecular weight excluding hydrogens is 256 g/mol. The van der Waals surface area contributed by atoms with Crippen molar-refractivity contribution in [3.05, 3.63) is 58.0 Å². The maximum atomic E-state index is 12.1. The Bertz CT molecular complexity index is 664. The first kappa shape index (κ1) is 14.1. The summed E-state index contributed by atoms with van der Waals surface area (Å²) in [5.41, 5.74) is 7.43. The lowest BCUT2D eigenvalue weighted by molar-refractivity contribution is 0.354. The van der Waals surface area contributed by atoms with Crippen LogP contribution in [0.5, 0.6) is 11.5 Å². The summed E-state index contributed by atoms with van der Waals surface area (Å²) in [7, 11) is 4.84. The second kappa shape index (κ2) is 5.79. The van der Waals surface area contributed by atoms with E-state index in [9.17, 15) is 4.79 Å². The van der Waals surface area contributed by atoms with Crippen molar-refractivity contribution in [1.82, 2.24) is 4.57 Å². The van der Waals surface area contributed by atoms with Gasteiger partial charge in [-0.15, -0.1) is 0 Å². The molecule has 0 bridgehead atoms. The third-order valence-electron chi connectivity index (χ3n) is 3.25. The number of hydrogen-bond acceptors (Lipinski definition) is 4. The van der Waals surface area contributed by atoms with Crippen molar-refractivity contribution in [3.8, 4) is 11.5 Å². The Hall–Kier alpha value is -2.27. The lowest BCUT2D eigenvalue weighted by Crippen LogP contribution is -2.26. The number of methoxy groups -OCH3 is 2. The van der Waals surface area contributed by atoms with Crippen molar-refractivity contribution in [2.24, 2.45) is 12.8 Å². The lowest BCUT2D eigenvalue weighted by Gasteiger charge is -2.15. The van der Waals surface area contributed by atoms with Crippen LogP contribution in [0.1, 0.15) is 17.2 Å². The van der Waals surface area contributed by atoms with E-state index in [-0.39, 0.29) is 5.56 Å². The van der Waals surface area contributed by atoms with Gasteiger partial charge < -0.3 is 19.8 Å². The summed E-state index contributed by atoms with van der Waals surface area (Å²) in [4.78, 5) is 12.1. The number of nitrogens with two attached hydrogens (primary N) is 1. The quantitative estimate of drug-likeness (QED) is 0.916. The van der Waals surface area contributed by atoms with Gasteiger partial charge in [0.25, 0.3) is 5.56 Å². The molecule has 2 N–H and O–H groups in total. The Morgan fingerprint density at radius 1 is 1.15 bits per heavy atom. The molecule has 5 nitrogen and oxygen atoms in total. The van der Waals surface area contributed by atoms with Crippen LogP contribution in [0.25, 0.3) is 0 Å². The summed E-state index contributed by atoms with van der Waals surface area (Å²) in [6, 6.07) is 8.44. The monoisotopic (exact) mass is 274 g/mol. The molecule has 1 aromatic heterocycles. The van der Waals surface area contributed by atoms with Crippen molar-refractivity contribution in [2.75, 3.05) is 14.2 Å². The molecule has 1 atom stereocenters. The van der Waals surface area contributed by atoms with Gasteiger partial charge in [0.05, 0.1) is 20.3 Å². The van der Waals surface area contributed by atoms with E-state index in [0.717, 1.165) is 5.56 Å². The average molecular weight is 274 g/mol. The van der Waals surface area contributed by atoms with Gasteiger partial charge in [-0.1, -0.05) is 12.1 Å². The highest BCUT2D eigenvalue weighted by Gasteiger charge is 2.15. The largest absolute Gasteiger partial charge is 0.493 e. The SMILES string of the molecule is COc1ccc(C(N)c2cccn(C)c2=O)cc1OC. The Labute approximate surface area is 117 Å². The molecule has 5 heteroatoms. The number of benzene rings is 1. The topological polar surface area (TPSA) is 66.5 Å². The molecule has 106 valence electrons. The normalized spacial score (nSPS) is 12.0. The van der Waals surface area contributed by atoms with Gasteiger partial charge in [-0.3, -0.25) is 4.79 Å². The van der Waals surface area contributed by atoms with Crippen LogP contribution in [0.4, 0.5) is 0 Å². The van der Waals surface area contributed by atoms with Crippen molar-refractivity contribution < 1.29 is 9.47 Å². The summed E-state index contributed by atoms with van der Waals surface area (Å²) in [6.07, 6.45) is 1.70. The van der Waals surface area contributed by atoms with Crippen molar-refractivity contribution in [3.63, 3.8) is 0 Å². The van der Waals surface area contributed by atoms with Crippen LogP contribution >= 0.6 is 0 Å². The van der Waals surface area contributed by atoms with Gasteiger partial charge in [0.2, 0.25) is 0 Å². The third kappa shape index (κ3) is 2.53. The fraction of sp³-hybridized carbons (Fsp3) is 0.267. The first-order valence-electron chi connectivity index (χ1n) is 6.21. The zero-order valence-corrected chi connectivity index (χ0v) is 11.8. The predicted octanol–water partition coefficient (Wildman–Crippen LogP) is 1.45. The summed E-state index contributed by atoms with van der Waals surface area (Å²) < 4.78 is 12.0. The number of aryl methyl sites for hydroxylation is 1. The number of pyridine rings is 1. The predicted molar refractivity (Wildman–Crippen MR) is 77.3 cm³/mol. The molecule has 0 fully saturated rings. The molecule has 2 aromatic rings. The number of ether oxygens (including phenoxy) is 2. The van der Waals surface area contributed by atoms with Crippen LogP contribution in [-0.2, 0) is 7.05 Å². The lowest BCUT2D eigenvalue weighted by atomic mass is 10.0. The summed E-state index contributed by atoms with van der Waals surface area (Å²) in [5, 5.41) is 0. The molecule has 1 heterocycles. The first-order chi connectivity index (χ1) is 9.58. The molecule has 0 spiro atoms. The second-order valence-corrected chi connectivity index (χ2v) is 4.47. The van der Waals surface area contributed by atoms with E-state index < -0.39 is 6.04 Å². The Balaban J connectivity index is 2.45. The molecule has 1 unspecified atom stereocenters. The molecule has 20 heavy (non-hydrogen) atoms. The summed E-state index contributed by atoms with van der Waals surface area (Å²) in [5.74, 6) is 1.22. The van der Waals surface area contributed by atoms with Crippen LogP contribution in [0, 0.1) is 0 Å². The maximum Gasteiger partial charge on any atom is 0.255 e. The van der Waals surface area contributed by atoms with Crippen LogP contribution in [0.15, 0.2) is 41.3 Å². The molecule has 0 aliphatic heterocycles. The van der Waals surface area contributed by atoms with Crippen molar-refractivity contribution in [2.45, 2.75) is 6.04 Å². The van der Waals surface area contributed by atoms with Gasteiger partial charge in [0.1, 0.15) is 0 Å². The molecule has 0 aliphatic rings. The van der Waals surface area contributed by atoms with Crippen molar-refractivity contribution >= 4 is 0 Å². The van der Waals surface area contributed by atoms with Crippen LogP contribution in [0.3, 0.4) is 0 Å². The minimum atomic E-state index is -0.505. The van der Waals surface area contributed by atoms with Crippen LogP contribution < -0.4 is 20.8 Å². The molecule has 0 radical (unpaired) electrons. The summed E-state index contributed by atoms with van der Waals surface area (Å²) >= 11 is 0. The fourth-order valence-electron chi connectivity index (χ4n) is 2.08. The standard InChI is InChI=1S/C15H18N2O3/c1-17-8-4-5-11(15(17)18)14(16)10-6-7-12(19-2)13(9-10)20-3/h4-9,14H,16H2,1-3H3. The van der Waals surface area contributed by atoms with E-state index in [2.05, 4.69) is 0 Å². The van der Waals surface area contributed by atoms with Gasteiger partial charge in [-0.05, 0) is 23.8 Å².